The van der Waals surface area contributed by atoms with Gasteiger partial charge in [-0.05, 0) is 53.5 Å². The van der Waals surface area contributed by atoms with Crippen LogP contribution in [-0.2, 0) is 25.5 Å². The molecule has 0 radical (unpaired) electrons. The fraction of sp³-hybridized carbons (Fsp3) is 0.511. The van der Waals surface area contributed by atoms with E-state index in [2.05, 4.69) is 42.5 Å². The smallest absolute Gasteiger partial charge is 0.410 e. The molecule has 314 valence electrons. The molecule has 15 heteroatoms. The summed E-state index contributed by atoms with van der Waals surface area (Å²) in [6, 6.07) is 11.1. The molecule has 4 aromatic rings. The van der Waals surface area contributed by atoms with Crippen LogP contribution in [0.3, 0.4) is 0 Å². The van der Waals surface area contributed by atoms with E-state index in [1.54, 1.807) is 22.2 Å². The summed E-state index contributed by atoms with van der Waals surface area (Å²) in [4.78, 5) is 78.4. The van der Waals surface area contributed by atoms with E-state index >= 15 is 0 Å². The van der Waals surface area contributed by atoms with Crippen LogP contribution in [-0.4, -0.2) is 103 Å². The van der Waals surface area contributed by atoms with Gasteiger partial charge in [-0.3, -0.25) is 24.5 Å². The van der Waals surface area contributed by atoms with Crippen molar-refractivity contribution < 1.29 is 28.7 Å². The molecule has 0 bridgehead atoms. The molecule has 9 rings (SSSR count). The van der Waals surface area contributed by atoms with Crippen LogP contribution in [0.15, 0.2) is 53.8 Å². The third-order valence-electron chi connectivity index (χ3n) is 12.4. The van der Waals surface area contributed by atoms with E-state index in [-0.39, 0.29) is 23.3 Å². The van der Waals surface area contributed by atoms with Gasteiger partial charge in [0, 0.05) is 75.1 Å². The Morgan fingerprint density at radius 1 is 0.717 bits per heavy atom. The molecule has 2 atom stereocenters. The van der Waals surface area contributed by atoms with Gasteiger partial charge in [-0.25, -0.2) is 14.6 Å². The van der Waals surface area contributed by atoms with Crippen LogP contribution in [0.4, 0.5) is 15.3 Å². The number of aromatic nitrogens is 4. The Morgan fingerprint density at radius 2 is 1.23 bits per heavy atom. The molecule has 0 unspecified atom stereocenters. The van der Waals surface area contributed by atoms with Crippen molar-refractivity contribution in [3.8, 4) is 22.5 Å². The second-order valence-corrected chi connectivity index (χ2v) is 19.2. The van der Waals surface area contributed by atoms with Crippen LogP contribution in [0.25, 0.3) is 33.5 Å². The van der Waals surface area contributed by atoms with Crippen molar-refractivity contribution in [3.05, 3.63) is 60.2 Å². The summed E-state index contributed by atoms with van der Waals surface area (Å²) in [6.45, 7) is 15.0. The Balaban J connectivity index is 0.868. The van der Waals surface area contributed by atoms with Crippen molar-refractivity contribution in [2.45, 2.75) is 110 Å². The van der Waals surface area contributed by atoms with Gasteiger partial charge >= 0.3 is 12.2 Å². The number of likely N-dealkylation sites (tertiary alicyclic amines) is 2. The maximum atomic E-state index is 13.6. The highest BCUT2D eigenvalue weighted by atomic mass is 16.6. The third-order valence-corrected chi connectivity index (χ3v) is 12.4. The molecule has 2 saturated heterocycles. The maximum Gasteiger partial charge on any atom is 0.410 e. The van der Waals surface area contributed by atoms with E-state index in [9.17, 15) is 19.2 Å². The summed E-state index contributed by atoms with van der Waals surface area (Å²) in [5, 5.41) is 6.36. The van der Waals surface area contributed by atoms with Crippen molar-refractivity contribution in [1.82, 2.24) is 40.4 Å². The Hall–Kier alpha value is -5.86. The number of fused-ring (bicyclic) bond motifs is 2. The minimum atomic E-state index is -1.13. The zero-order chi connectivity index (χ0) is 42.2. The number of H-pyrrole nitrogens is 1. The van der Waals surface area contributed by atoms with Gasteiger partial charge in [0.15, 0.2) is 11.2 Å². The number of nitrogens with zero attached hydrogens (tertiary/aromatic N) is 6. The van der Waals surface area contributed by atoms with Crippen LogP contribution in [0, 0.1) is 10.8 Å². The van der Waals surface area contributed by atoms with Gasteiger partial charge in [0.1, 0.15) is 5.82 Å². The molecule has 5 heterocycles. The standard InChI is InChI=1S/C45H53N9O6/c1-42(2,3)35(51-38(55)44(13-14-44)59-40(57)53-17-7-18-53)32-23-28-21-26(9-11-29(28)48-32)33-24-47-34(25-46-33)27-10-12-30-31(22-27)50-37(49-30)36(43(4,5)6)52-39(56)45(15-16-45)60-41(58)54-19-8-20-54/h9-12,21-22,24-25,35-36H,7-8,13-20,23H2,1-6H3,(H,49,50)(H,51,55)(H,52,56)/t35-,36-/m1/s1. The first kappa shape index (κ1) is 39.6. The number of carbonyl (C=O) groups excluding carboxylic acids is 4. The lowest BCUT2D eigenvalue weighted by atomic mass is 9.82. The SMILES string of the molecule is CC(C)(C)[C@H](NC(=O)C1(OC(=O)N2CCC2)CC1)C1=Nc2ccc(-c3cnc(-c4ccc5nc([C@@H](NC(=O)C6(OC(=O)N7CCC7)CC6)C(C)(C)C)[nH]c5c4)cn3)cc2C1. The predicted octanol–water partition coefficient (Wildman–Crippen LogP) is 6.80. The van der Waals surface area contributed by atoms with Crippen molar-refractivity contribution >= 4 is 46.4 Å². The Kier molecular flexibility index (Phi) is 9.51. The van der Waals surface area contributed by atoms with Crippen LogP contribution >= 0.6 is 0 Å². The maximum absolute atomic E-state index is 13.6. The summed E-state index contributed by atoms with van der Waals surface area (Å²) in [7, 11) is 0. The second-order valence-electron chi connectivity index (χ2n) is 19.2. The highest BCUT2D eigenvalue weighted by molar-refractivity contribution is 6.02. The Labute approximate surface area is 349 Å². The molecule has 5 aliphatic rings. The first-order chi connectivity index (χ1) is 28.5. The van der Waals surface area contributed by atoms with E-state index < -0.39 is 34.8 Å². The zero-order valence-electron chi connectivity index (χ0n) is 35.2. The average molecular weight is 816 g/mol. The molecule has 3 N–H and O–H groups in total. The summed E-state index contributed by atoms with van der Waals surface area (Å²) >= 11 is 0. The lowest BCUT2D eigenvalue weighted by molar-refractivity contribution is -0.134. The summed E-state index contributed by atoms with van der Waals surface area (Å²) in [6.07, 6.45) is 7.19. The highest BCUT2D eigenvalue weighted by Gasteiger charge is 2.57. The first-order valence-electron chi connectivity index (χ1n) is 21.1. The largest absolute Gasteiger partial charge is 0.433 e. The molecular weight excluding hydrogens is 763 g/mol. The number of nitrogens with one attached hydrogen (secondary N) is 3. The summed E-state index contributed by atoms with van der Waals surface area (Å²) in [5.74, 6) is 0.0528. The number of rotatable bonds is 10. The number of carbonyl (C=O) groups is 4. The molecular formula is C45H53N9O6. The van der Waals surface area contributed by atoms with Gasteiger partial charge in [-0.1, -0.05) is 53.7 Å². The van der Waals surface area contributed by atoms with Crippen molar-refractivity contribution in [3.63, 3.8) is 0 Å². The lowest BCUT2D eigenvalue weighted by Gasteiger charge is -2.34. The molecule has 2 saturated carbocycles. The van der Waals surface area contributed by atoms with Gasteiger partial charge in [0.05, 0.1) is 52.6 Å². The monoisotopic (exact) mass is 815 g/mol. The van der Waals surface area contributed by atoms with Crippen LogP contribution in [0.1, 0.15) is 97.5 Å². The summed E-state index contributed by atoms with van der Waals surface area (Å²) in [5.41, 5.74) is 4.49. The number of aromatic amines is 1. The van der Waals surface area contributed by atoms with E-state index in [0.29, 0.717) is 75.5 Å². The van der Waals surface area contributed by atoms with Crippen molar-refractivity contribution in [2.75, 3.05) is 26.2 Å². The number of aliphatic imine (C=N–C) groups is 1. The van der Waals surface area contributed by atoms with Crippen LogP contribution in [0.2, 0.25) is 0 Å². The fourth-order valence-corrected chi connectivity index (χ4v) is 7.96. The number of imidazole rings is 1. The van der Waals surface area contributed by atoms with Gasteiger partial charge in [-0.15, -0.1) is 0 Å². The van der Waals surface area contributed by atoms with Gasteiger partial charge in [0.25, 0.3) is 11.8 Å². The molecule has 4 amide bonds. The first-order valence-corrected chi connectivity index (χ1v) is 21.1. The van der Waals surface area contributed by atoms with E-state index in [1.165, 1.54) is 0 Å². The molecule has 2 aromatic heterocycles. The van der Waals surface area contributed by atoms with Gasteiger partial charge < -0.3 is 34.9 Å². The number of hydrogen-bond acceptors (Lipinski definition) is 10. The van der Waals surface area contributed by atoms with E-state index in [4.69, 9.17) is 29.4 Å². The quantitative estimate of drug-likeness (QED) is 0.155. The van der Waals surface area contributed by atoms with Crippen LogP contribution < -0.4 is 10.6 Å². The Morgan fingerprint density at radius 3 is 1.72 bits per heavy atom. The number of benzene rings is 2. The number of hydrogen-bond donors (Lipinski definition) is 3. The minimum absolute atomic E-state index is 0.263. The van der Waals surface area contributed by atoms with Crippen molar-refractivity contribution in [2.24, 2.45) is 15.8 Å². The van der Waals surface area contributed by atoms with Crippen molar-refractivity contribution in [1.29, 1.82) is 0 Å². The van der Waals surface area contributed by atoms with E-state index in [1.807, 2.05) is 51.1 Å². The van der Waals surface area contributed by atoms with Crippen LogP contribution in [0.5, 0.6) is 0 Å². The van der Waals surface area contributed by atoms with Gasteiger partial charge in [-0.2, -0.15) is 0 Å². The van der Waals surface area contributed by atoms with E-state index in [0.717, 1.165) is 52.0 Å². The summed E-state index contributed by atoms with van der Waals surface area (Å²) < 4.78 is 11.4. The molecule has 60 heavy (non-hydrogen) atoms. The molecule has 2 aliphatic carbocycles. The average Bonchev–Trinajstić information content (AvgIpc) is 4.02. The third kappa shape index (κ3) is 7.58. The molecule has 4 fully saturated rings. The predicted molar refractivity (Wildman–Crippen MR) is 224 cm³/mol. The molecule has 15 nitrogen and oxygen atoms in total. The minimum Gasteiger partial charge on any atom is -0.433 e. The lowest BCUT2D eigenvalue weighted by Crippen LogP contribution is -2.54. The highest BCUT2D eigenvalue weighted by Crippen LogP contribution is 2.44. The Bertz CT molecular complexity index is 2410. The number of amides is 4. The molecule has 2 aromatic carbocycles. The number of ether oxygens (including phenoxy) is 2. The molecule has 3 aliphatic heterocycles. The van der Waals surface area contributed by atoms with Gasteiger partial charge in [0.2, 0.25) is 0 Å². The normalized spacial score (nSPS) is 19.5. The second kappa shape index (κ2) is 14.4. The zero-order valence-corrected chi connectivity index (χ0v) is 35.2. The topological polar surface area (TPSA) is 184 Å². The fourth-order valence-electron chi connectivity index (χ4n) is 7.96. The molecule has 0 spiro atoms.